The SMILES string of the molecule is COc1nc(N)nc(Sc2ccoc2C)n1. The Balaban J connectivity index is 2.28. The molecule has 7 heteroatoms. The Labute approximate surface area is 96.2 Å². The zero-order valence-electron chi connectivity index (χ0n) is 8.80. The van der Waals surface area contributed by atoms with Crippen LogP contribution in [0.5, 0.6) is 6.01 Å². The topological polar surface area (TPSA) is 87.1 Å². The molecule has 0 unspecified atom stereocenters. The summed E-state index contributed by atoms with van der Waals surface area (Å²) in [7, 11) is 1.48. The fourth-order valence-electron chi connectivity index (χ4n) is 1.07. The van der Waals surface area contributed by atoms with Crippen molar-refractivity contribution in [2.24, 2.45) is 0 Å². The van der Waals surface area contributed by atoms with Crippen LogP contribution in [0, 0.1) is 6.92 Å². The van der Waals surface area contributed by atoms with Gasteiger partial charge in [0.25, 0.3) is 0 Å². The van der Waals surface area contributed by atoms with E-state index in [-0.39, 0.29) is 12.0 Å². The second kappa shape index (κ2) is 4.40. The molecule has 2 aromatic rings. The zero-order chi connectivity index (χ0) is 11.5. The van der Waals surface area contributed by atoms with Crippen molar-refractivity contribution in [3.8, 4) is 6.01 Å². The summed E-state index contributed by atoms with van der Waals surface area (Å²) in [5, 5.41) is 0.480. The molecule has 0 aliphatic rings. The molecule has 0 saturated heterocycles. The van der Waals surface area contributed by atoms with Crippen molar-refractivity contribution >= 4 is 17.7 Å². The van der Waals surface area contributed by atoms with Gasteiger partial charge in [0, 0.05) is 0 Å². The number of ether oxygens (including phenoxy) is 1. The van der Waals surface area contributed by atoms with Gasteiger partial charge in [-0.25, -0.2) is 0 Å². The van der Waals surface area contributed by atoms with E-state index in [0.717, 1.165) is 10.7 Å². The highest BCUT2D eigenvalue weighted by Crippen LogP contribution is 2.29. The molecular formula is C9H10N4O2S. The normalized spacial score (nSPS) is 10.4. The second-order valence-corrected chi connectivity index (χ2v) is 3.92. The summed E-state index contributed by atoms with van der Waals surface area (Å²) < 4.78 is 10.1. The van der Waals surface area contributed by atoms with Crippen molar-refractivity contribution < 1.29 is 9.15 Å². The van der Waals surface area contributed by atoms with Crippen molar-refractivity contribution in [3.63, 3.8) is 0 Å². The van der Waals surface area contributed by atoms with E-state index in [2.05, 4.69) is 15.0 Å². The Kier molecular flexibility index (Phi) is 2.95. The van der Waals surface area contributed by atoms with Crippen LogP contribution in [-0.2, 0) is 0 Å². The average molecular weight is 238 g/mol. The lowest BCUT2D eigenvalue weighted by atomic mass is 10.5. The Hall–Kier alpha value is -1.76. The van der Waals surface area contributed by atoms with Crippen LogP contribution >= 0.6 is 11.8 Å². The molecule has 0 aliphatic heterocycles. The van der Waals surface area contributed by atoms with Gasteiger partial charge in [0.2, 0.25) is 11.1 Å². The van der Waals surface area contributed by atoms with Gasteiger partial charge >= 0.3 is 6.01 Å². The van der Waals surface area contributed by atoms with E-state index in [1.165, 1.54) is 18.9 Å². The minimum atomic E-state index is 0.135. The summed E-state index contributed by atoms with van der Waals surface area (Å²) in [5.74, 6) is 0.943. The summed E-state index contributed by atoms with van der Waals surface area (Å²) in [5.41, 5.74) is 5.52. The van der Waals surface area contributed by atoms with E-state index in [4.69, 9.17) is 14.9 Å². The minimum Gasteiger partial charge on any atom is -0.468 e. The number of hydrogen-bond donors (Lipinski definition) is 1. The first-order valence-electron chi connectivity index (χ1n) is 4.46. The lowest BCUT2D eigenvalue weighted by molar-refractivity contribution is 0.374. The summed E-state index contributed by atoms with van der Waals surface area (Å²) >= 11 is 1.35. The molecule has 0 atom stereocenters. The van der Waals surface area contributed by atoms with Gasteiger partial charge in [-0.05, 0) is 24.8 Å². The van der Waals surface area contributed by atoms with Crippen LogP contribution in [0.3, 0.4) is 0 Å². The third kappa shape index (κ3) is 2.25. The lowest BCUT2D eigenvalue weighted by Gasteiger charge is -2.02. The van der Waals surface area contributed by atoms with E-state index in [0.29, 0.717) is 5.16 Å². The molecule has 2 N–H and O–H groups in total. The van der Waals surface area contributed by atoms with E-state index >= 15 is 0 Å². The Morgan fingerprint density at radius 3 is 2.81 bits per heavy atom. The summed E-state index contributed by atoms with van der Waals surface area (Å²) in [6.07, 6.45) is 1.61. The first kappa shape index (κ1) is 10.7. The van der Waals surface area contributed by atoms with Crippen molar-refractivity contribution in [3.05, 3.63) is 18.1 Å². The van der Waals surface area contributed by atoms with Crippen molar-refractivity contribution in [1.82, 2.24) is 15.0 Å². The van der Waals surface area contributed by atoms with Gasteiger partial charge in [0.1, 0.15) is 5.76 Å². The largest absolute Gasteiger partial charge is 0.468 e. The fourth-order valence-corrected chi connectivity index (χ4v) is 1.84. The van der Waals surface area contributed by atoms with Gasteiger partial charge in [-0.3, -0.25) is 0 Å². The molecule has 0 bridgehead atoms. The first-order chi connectivity index (χ1) is 7.69. The Morgan fingerprint density at radius 1 is 1.38 bits per heavy atom. The van der Waals surface area contributed by atoms with Crippen LogP contribution in [0.1, 0.15) is 5.76 Å². The maximum absolute atomic E-state index is 5.52. The molecule has 0 radical (unpaired) electrons. The van der Waals surface area contributed by atoms with Crippen LogP contribution in [0.25, 0.3) is 0 Å². The quantitative estimate of drug-likeness (QED) is 0.867. The molecule has 0 saturated carbocycles. The minimum absolute atomic E-state index is 0.135. The van der Waals surface area contributed by atoms with E-state index in [1.807, 2.05) is 13.0 Å². The van der Waals surface area contributed by atoms with Crippen LogP contribution in [0.15, 0.2) is 26.8 Å². The number of rotatable bonds is 3. The summed E-state index contributed by atoms with van der Waals surface area (Å²) in [6.45, 7) is 1.87. The molecule has 0 spiro atoms. The molecule has 16 heavy (non-hydrogen) atoms. The Bertz CT molecular complexity index is 500. The highest BCUT2D eigenvalue weighted by atomic mass is 32.2. The third-order valence-electron chi connectivity index (χ3n) is 1.81. The maximum atomic E-state index is 5.52. The number of nitrogens with zero attached hydrogens (tertiary/aromatic N) is 3. The number of furan rings is 1. The number of nitrogen functional groups attached to an aromatic ring is 1. The highest BCUT2D eigenvalue weighted by molar-refractivity contribution is 7.99. The van der Waals surface area contributed by atoms with E-state index in [1.54, 1.807) is 6.26 Å². The van der Waals surface area contributed by atoms with Gasteiger partial charge < -0.3 is 14.9 Å². The number of aryl methyl sites for hydroxylation is 1. The fraction of sp³-hybridized carbons (Fsp3) is 0.222. The van der Waals surface area contributed by atoms with E-state index < -0.39 is 0 Å². The molecule has 6 nitrogen and oxygen atoms in total. The van der Waals surface area contributed by atoms with Gasteiger partial charge in [-0.2, -0.15) is 15.0 Å². The van der Waals surface area contributed by atoms with Gasteiger partial charge in [0.05, 0.1) is 18.3 Å². The molecule has 2 aromatic heterocycles. The zero-order valence-corrected chi connectivity index (χ0v) is 9.61. The number of anilines is 1. The van der Waals surface area contributed by atoms with Crippen molar-refractivity contribution in [2.75, 3.05) is 12.8 Å². The smallest absolute Gasteiger partial charge is 0.321 e. The predicted octanol–water partition coefficient (Wildman–Crippen LogP) is 1.52. The van der Waals surface area contributed by atoms with Gasteiger partial charge in [-0.1, -0.05) is 0 Å². The van der Waals surface area contributed by atoms with Crippen LogP contribution in [0.4, 0.5) is 5.95 Å². The van der Waals surface area contributed by atoms with Crippen molar-refractivity contribution in [1.29, 1.82) is 0 Å². The van der Waals surface area contributed by atoms with Gasteiger partial charge in [0.15, 0.2) is 0 Å². The highest BCUT2D eigenvalue weighted by Gasteiger charge is 2.09. The molecule has 0 aromatic carbocycles. The van der Waals surface area contributed by atoms with Crippen LogP contribution in [0.2, 0.25) is 0 Å². The lowest BCUT2D eigenvalue weighted by Crippen LogP contribution is -2.01. The molecule has 0 aliphatic carbocycles. The second-order valence-electron chi connectivity index (χ2n) is 2.91. The first-order valence-corrected chi connectivity index (χ1v) is 5.28. The van der Waals surface area contributed by atoms with Crippen LogP contribution in [-0.4, -0.2) is 22.1 Å². The maximum Gasteiger partial charge on any atom is 0.321 e. The molecular weight excluding hydrogens is 228 g/mol. The standard InChI is InChI=1S/C9H10N4O2S/c1-5-6(3-4-15-5)16-9-12-7(10)11-8(13-9)14-2/h3-4H,1-2H3,(H2,10,11,12,13). The summed E-state index contributed by atoms with van der Waals surface area (Å²) in [6, 6.07) is 2.04. The monoisotopic (exact) mass is 238 g/mol. The van der Waals surface area contributed by atoms with Crippen LogP contribution < -0.4 is 10.5 Å². The Morgan fingerprint density at radius 2 is 2.19 bits per heavy atom. The third-order valence-corrected chi connectivity index (χ3v) is 2.82. The molecule has 0 fully saturated rings. The number of hydrogen-bond acceptors (Lipinski definition) is 7. The van der Waals surface area contributed by atoms with E-state index in [9.17, 15) is 0 Å². The molecule has 2 heterocycles. The van der Waals surface area contributed by atoms with Crippen molar-refractivity contribution in [2.45, 2.75) is 17.0 Å². The molecule has 0 amide bonds. The summed E-state index contributed by atoms with van der Waals surface area (Å²) in [4.78, 5) is 12.8. The number of nitrogens with two attached hydrogens (primary N) is 1. The molecule has 84 valence electrons. The number of methoxy groups -OCH3 is 1. The predicted molar refractivity (Wildman–Crippen MR) is 58.4 cm³/mol. The molecule has 2 rings (SSSR count). The average Bonchev–Trinajstić information content (AvgIpc) is 2.63. The van der Waals surface area contributed by atoms with Gasteiger partial charge in [-0.15, -0.1) is 0 Å². The number of aromatic nitrogens is 3.